The lowest BCUT2D eigenvalue weighted by molar-refractivity contribution is 0.177. The Labute approximate surface area is 111 Å². The second-order valence-electron chi connectivity index (χ2n) is 4.89. The molecule has 3 nitrogen and oxygen atoms in total. The van der Waals surface area contributed by atoms with E-state index in [0.29, 0.717) is 11.2 Å². The highest BCUT2D eigenvalue weighted by Crippen LogP contribution is 2.26. The normalized spacial score (nSPS) is 19.7. The van der Waals surface area contributed by atoms with Crippen LogP contribution < -0.4 is 5.73 Å². The van der Waals surface area contributed by atoms with Crippen molar-refractivity contribution in [2.75, 3.05) is 5.73 Å². The number of nitrogen functional groups attached to an aromatic ring is 1. The lowest BCUT2D eigenvalue weighted by atomic mass is 9.95. The Kier molecular flexibility index (Phi) is 3.06. The second kappa shape index (κ2) is 4.71. The molecule has 0 saturated heterocycles. The lowest BCUT2D eigenvalue weighted by Gasteiger charge is -2.34. The number of benzene rings is 1. The van der Waals surface area contributed by atoms with Gasteiger partial charge < -0.3 is 5.73 Å². The van der Waals surface area contributed by atoms with E-state index in [-0.39, 0.29) is 0 Å². The van der Waals surface area contributed by atoms with Crippen LogP contribution in [0.15, 0.2) is 30.5 Å². The third-order valence-electron chi connectivity index (χ3n) is 3.56. The Morgan fingerprint density at radius 2 is 2.17 bits per heavy atom. The SMILES string of the molecule is CC1Cc2ccccc2CN1Cc1cnc(N)s1. The van der Waals surface area contributed by atoms with E-state index in [0.717, 1.165) is 19.5 Å². The maximum atomic E-state index is 5.68. The molecule has 0 amide bonds. The summed E-state index contributed by atoms with van der Waals surface area (Å²) in [6.07, 6.45) is 3.03. The minimum atomic E-state index is 0.572. The Bertz CT molecular complexity index is 549. The Morgan fingerprint density at radius 3 is 2.89 bits per heavy atom. The van der Waals surface area contributed by atoms with E-state index in [2.05, 4.69) is 41.1 Å². The average Bonchev–Trinajstić information content (AvgIpc) is 2.76. The zero-order valence-corrected chi connectivity index (χ0v) is 11.3. The molecule has 3 rings (SSSR count). The fourth-order valence-corrected chi connectivity index (χ4v) is 3.25. The first kappa shape index (κ1) is 11.7. The Hall–Kier alpha value is -1.39. The molecule has 0 spiro atoms. The maximum absolute atomic E-state index is 5.68. The van der Waals surface area contributed by atoms with Crippen LogP contribution in [0.3, 0.4) is 0 Å². The summed E-state index contributed by atoms with van der Waals surface area (Å²) < 4.78 is 0. The van der Waals surface area contributed by atoms with Crippen molar-refractivity contribution in [2.45, 2.75) is 32.5 Å². The van der Waals surface area contributed by atoms with Crippen LogP contribution in [-0.4, -0.2) is 15.9 Å². The molecule has 1 unspecified atom stereocenters. The molecule has 1 aromatic heterocycles. The number of aromatic nitrogens is 1. The molecule has 1 atom stereocenters. The topological polar surface area (TPSA) is 42.2 Å². The highest BCUT2D eigenvalue weighted by Gasteiger charge is 2.22. The van der Waals surface area contributed by atoms with Crippen LogP contribution in [0.25, 0.3) is 0 Å². The predicted molar refractivity (Wildman–Crippen MR) is 75.4 cm³/mol. The van der Waals surface area contributed by atoms with Crippen molar-refractivity contribution in [3.8, 4) is 0 Å². The molecule has 1 aromatic carbocycles. The van der Waals surface area contributed by atoms with Crippen molar-refractivity contribution in [1.29, 1.82) is 0 Å². The van der Waals surface area contributed by atoms with E-state index in [9.17, 15) is 0 Å². The zero-order valence-electron chi connectivity index (χ0n) is 10.5. The number of nitrogens with two attached hydrogens (primary N) is 1. The fourth-order valence-electron chi connectivity index (χ4n) is 2.54. The standard InChI is InChI=1S/C14H17N3S/c1-10-6-11-4-2-3-5-12(11)8-17(10)9-13-7-16-14(15)18-13/h2-5,7,10H,6,8-9H2,1H3,(H2,15,16). The van der Waals surface area contributed by atoms with Gasteiger partial charge >= 0.3 is 0 Å². The van der Waals surface area contributed by atoms with Gasteiger partial charge in [-0.2, -0.15) is 0 Å². The van der Waals surface area contributed by atoms with Crippen molar-refractivity contribution in [1.82, 2.24) is 9.88 Å². The van der Waals surface area contributed by atoms with Gasteiger partial charge in [-0.1, -0.05) is 24.3 Å². The number of rotatable bonds is 2. The number of anilines is 1. The quantitative estimate of drug-likeness (QED) is 0.901. The molecule has 0 saturated carbocycles. The molecule has 4 heteroatoms. The van der Waals surface area contributed by atoms with Crippen LogP contribution in [0, 0.1) is 0 Å². The molecular weight excluding hydrogens is 242 g/mol. The molecule has 0 radical (unpaired) electrons. The van der Waals surface area contributed by atoms with Gasteiger partial charge in [0, 0.05) is 30.2 Å². The molecule has 0 aliphatic carbocycles. The van der Waals surface area contributed by atoms with Gasteiger partial charge in [-0.15, -0.1) is 11.3 Å². The van der Waals surface area contributed by atoms with E-state index in [1.165, 1.54) is 16.0 Å². The number of fused-ring (bicyclic) bond motifs is 1. The summed E-state index contributed by atoms with van der Waals surface area (Å²) >= 11 is 1.59. The minimum Gasteiger partial charge on any atom is -0.375 e. The van der Waals surface area contributed by atoms with E-state index in [1.807, 2.05) is 6.20 Å². The zero-order chi connectivity index (χ0) is 12.5. The lowest BCUT2D eigenvalue weighted by Crippen LogP contribution is -2.37. The summed E-state index contributed by atoms with van der Waals surface area (Å²) in [5.41, 5.74) is 8.63. The third kappa shape index (κ3) is 2.26. The smallest absolute Gasteiger partial charge is 0.180 e. The number of hydrogen-bond donors (Lipinski definition) is 1. The monoisotopic (exact) mass is 259 g/mol. The summed E-state index contributed by atoms with van der Waals surface area (Å²) in [6, 6.07) is 9.30. The van der Waals surface area contributed by atoms with Crippen LogP contribution >= 0.6 is 11.3 Å². The molecule has 94 valence electrons. The van der Waals surface area contributed by atoms with Gasteiger partial charge in [-0.25, -0.2) is 4.98 Å². The van der Waals surface area contributed by atoms with Gasteiger partial charge in [-0.3, -0.25) is 4.90 Å². The Balaban J connectivity index is 1.78. The molecule has 0 fully saturated rings. The summed E-state index contributed by atoms with van der Waals surface area (Å²) in [5.74, 6) is 0. The first-order chi connectivity index (χ1) is 8.72. The molecule has 2 heterocycles. The summed E-state index contributed by atoms with van der Waals surface area (Å²) in [4.78, 5) is 7.87. The van der Waals surface area contributed by atoms with Crippen LogP contribution in [0.5, 0.6) is 0 Å². The number of thiazole rings is 1. The summed E-state index contributed by atoms with van der Waals surface area (Å²) in [5, 5.41) is 0.662. The van der Waals surface area contributed by atoms with Gasteiger partial charge in [0.25, 0.3) is 0 Å². The van der Waals surface area contributed by atoms with Gasteiger partial charge in [0.1, 0.15) is 0 Å². The molecule has 1 aliphatic heterocycles. The van der Waals surface area contributed by atoms with Gasteiger partial charge in [0.15, 0.2) is 5.13 Å². The van der Waals surface area contributed by atoms with Crippen molar-refractivity contribution in [3.05, 3.63) is 46.5 Å². The number of hydrogen-bond acceptors (Lipinski definition) is 4. The predicted octanol–water partition coefficient (Wildman–Crippen LogP) is 2.67. The highest BCUT2D eigenvalue weighted by atomic mass is 32.1. The minimum absolute atomic E-state index is 0.572. The van der Waals surface area contributed by atoms with E-state index in [4.69, 9.17) is 5.73 Å². The van der Waals surface area contributed by atoms with Crippen LogP contribution in [0.1, 0.15) is 22.9 Å². The molecule has 18 heavy (non-hydrogen) atoms. The van der Waals surface area contributed by atoms with E-state index < -0.39 is 0 Å². The maximum Gasteiger partial charge on any atom is 0.180 e. The van der Waals surface area contributed by atoms with Crippen molar-refractivity contribution < 1.29 is 0 Å². The largest absolute Gasteiger partial charge is 0.375 e. The Morgan fingerprint density at radius 1 is 1.39 bits per heavy atom. The average molecular weight is 259 g/mol. The highest BCUT2D eigenvalue weighted by molar-refractivity contribution is 7.15. The van der Waals surface area contributed by atoms with Crippen molar-refractivity contribution in [2.24, 2.45) is 0 Å². The molecule has 2 N–H and O–H groups in total. The molecule has 2 aromatic rings. The molecule has 1 aliphatic rings. The summed E-state index contributed by atoms with van der Waals surface area (Å²) in [7, 11) is 0. The van der Waals surface area contributed by atoms with Crippen LogP contribution in [-0.2, 0) is 19.5 Å². The molecule has 0 bridgehead atoms. The van der Waals surface area contributed by atoms with Gasteiger partial charge in [-0.05, 0) is 24.5 Å². The second-order valence-corrected chi connectivity index (χ2v) is 6.04. The van der Waals surface area contributed by atoms with E-state index in [1.54, 1.807) is 11.3 Å². The molecular formula is C14H17N3S. The van der Waals surface area contributed by atoms with Crippen molar-refractivity contribution in [3.63, 3.8) is 0 Å². The van der Waals surface area contributed by atoms with Crippen LogP contribution in [0.4, 0.5) is 5.13 Å². The summed E-state index contributed by atoms with van der Waals surface area (Å²) in [6.45, 7) is 4.26. The first-order valence-corrected chi connectivity index (χ1v) is 7.05. The van der Waals surface area contributed by atoms with Gasteiger partial charge in [0.05, 0.1) is 0 Å². The van der Waals surface area contributed by atoms with Crippen molar-refractivity contribution >= 4 is 16.5 Å². The van der Waals surface area contributed by atoms with Gasteiger partial charge in [0.2, 0.25) is 0 Å². The van der Waals surface area contributed by atoms with Crippen LogP contribution in [0.2, 0.25) is 0 Å². The number of nitrogens with zero attached hydrogens (tertiary/aromatic N) is 2. The van der Waals surface area contributed by atoms with E-state index >= 15 is 0 Å². The fraction of sp³-hybridized carbons (Fsp3) is 0.357. The third-order valence-corrected chi connectivity index (χ3v) is 4.37. The first-order valence-electron chi connectivity index (χ1n) is 6.23.